The quantitative estimate of drug-likeness (QED) is 0.812. The van der Waals surface area contributed by atoms with E-state index in [1.54, 1.807) is 0 Å². The minimum Gasteiger partial charge on any atom is -0.389 e. The minimum absolute atomic E-state index is 0.331. The predicted molar refractivity (Wildman–Crippen MR) is 85.5 cm³/mol. The average Bonchev–Trinajstić information content (AvgIpc) is 2.48. The van der Waals surface area contributed by atoms with Gasteiger partial charge in [-0.15, -0.1) is 0 Å². The normalized spacial score (nSPS) is 20.8. The minimum atomic E-state index is -0.468. The van der Waals surface area contributed by atoms with Crippen LogP contribution in [0.4, 0.5) is 0 Å². The summed E-state index contributed by atoms with van der Waals surface area (Å²) in [6, 6.07) is 8.15. The van der Waals surface area contributed by atoms with Crippen LogP contribution in [0, 0.1) is 0 Å². The fourth-order valence-electron chi connectivity index (χ4n) is 2.18. The van der Waals surface area contributed by atoms with Crippen LogP contribution in [0.3, 0.4) is 0 Å². The van der Waals surface area contributed by atoms with Gasteiger partial charge in [0.1, 0.15) is 0 Å². The van der Waals surface area contributed by atoms with E-state index in [1.807, 2.05) is 36.0 Å². The molecule has 1 fully saturated rings. The van der Waals surface area contributed by atoms with E-state index < -0.39 is 6.10 Å². The molecule has 0 amide bonds. The molecule has 2 unspecified atom stereocenters. The van der Waals surface area contributed by atoms with E-state index in [1.165, 1.54) is 18.6 Å². The molecule has 5 heteroatoms. The number of aliphatic hydroxyl groups excluding tert-OH is 1. The highest BCUT2D eigenvalue weighted by Crippen LogP contribution is 2.17. The van der Waals surface area contributed by atoms with E-state index >= 15 is 0 Å². The van der Waals surface area contributed by atoms with Crippen LogP contribution >= 0.6 is 23.4 Å². The Morgan fingerprint density at radius 1 is 1.45 bits per heavy atom. The Balaban J connectivity index is 1.60. The molecule has 1 heterocycles. The standard InChI is InChI=1S/C15H22ClNO2S/c16-15-6-2-1-4-12(15)9-19-10-14(18)8-17-13-5-3-7-20-11-13/h1-2,4,6,13-14,17-18H,3,5,7-11H2. The van der Waals surface area contributed by atoms with Crippen LogP contribution in [0.2, 0.25) is 5.02 Å². The lowest BCUT2D eigenvalue weighted by Crippen LogP contribution is -2.40. The molecular weight excluding hydrogens is 294 g/mol. The summed E-state index contributed by atoms with van der Waals surface area (Å²) in [5, 5.41) is 14.0. The third kappa shape index (κ3) is 5.62. The molecule has 0 aliphatic carbocycles. The second-order valence-electron chi connectivity index (χ2n) is 5.08. The van der Waals surface area contributed by atoms with Crippen molar-refractivity contribution < 1.29 is 9.84 Å². The van der Waals surface area contributed by atoms with Crippen LogP contribution in [0.1, 0.15) is 18.4 Å². The summed E-state index contributed by atoms with van der Waals surface area (Å²) < 4.78 is 5.52. The summed E-state index contributed by atoms with van der Waals surface area (Å²) >= 11 is 8.03. The molecule has 1 aliphatic rings. The van der Waals surface area contributed by atoms with Crippen molar-refractivity contribution in [3.05, 3.63) is 34.9 Å². The molecule has 20 heavy (non-hydrogen) atoms. The van der Waals surface area contributed by atoms with Gasteiger partial charge < -0.3 is 15.2 Å². The van der Waals surface area contributed by atoms with E-state index in [9.17, 15) is 5.11 Å². The number of rotatable bonds is 7. The van der Waals surface area contributed by atoms with Crippen LogP contribution in [0.15, 0.2) is 24.3 Å². The summed E-state index contributed by atoms with van der Waals surface area (Å²) in [4.78, 5) is 0. The Labute approximate surface area is 130 Å². The lowest BCUT2D eigenvalue weighted by molar-refractivity contribution is 0.0278. The molecule has 0 aromatic heterocycles. The number of ether oxygens (including phenoxy) is 1. The SMILES string of the molecule is OC(CNC1CCCSC1)COCc1ccccc1Cl. The Morgan fingerprint density at radius 3 is 3.05 bits per heavy atom. The molecule has 0 bridgehead atoms. The molecule has 0 radical (unpaired) electrons. The van der Waals surface area contributed by atoms with Gasteiger partial charge >= 0.3 is 0 Å². The highest BCUT2D eigenvalue weighted by molar-refractivity contribution is 7.99. The smallest absolute Gasteiger partial charge is 0.0897 e. The summed E-state index contributed by atoms with van der Waals surface area (Å²) in [6.07, 6.45) is 2.01. The first-order valence-corrected chi connectivity index (χ1v) is 8.59. The molecule has 2 rings (SSSR count). The summed E-state index contributed by atoms with van der Waals surface area (Å²) in [7, 11) is 0. The fraction of sp³-hybridized carbons (Fsp3) is 0.600. The van der Waals surface area contributed by atoms with Crippen molar-refractivity contribution in [2.24, 2.45) is 0 Å². The van der Waals surface area contributed by atoms with Crippen LogP contribution < -0.4 is 5.32 Å². The number of benzene rings is 1. The van der Waals surface area contributed by atoms with Crippen LogP contribution in [0.25, 0.3) is 0 Å². The van der Waals surface area contributed by atoms with Crippen molar-refractivity contribution in [3.8, 4) is 0 Å². The highest BCUT2D eigenvalue weighted by Gasteiger charge is 2.14. The first kappa shape index (κ1) is 16.1. The van der Waals surface area contributed by atoms with Gasteiger partial charge in [-0.1, -0.05) is 29.8 Å². The molecule has 1 aliphatic heterocycles. The van der Waals surface area contributed by atoms with Crippen LogP contribution in [-0.2, 0) is 11.3 Å². The van der Waals surface area contributed by atoms with Crippen LogP contribution in [0.5, 0.6) is 0 Å². The van der Waals surface area contributed by atoms with Crippen molar-refractivity contribution in [2.45, 2.75) is 31.6 Å². The highest BCUT2D eigenvalue weighted by atomic mass is 35.5. The zero-order chi connectivity index (χ0) is 14.2. The van der Waals surface area contributed by atoms with Crippen molar-refractivity contribution in [1.82, 2.24) is 5.32 Å². The van der Waals surface area contributed by atoms with Crippen LogP contribution in [-0.4, -0.2) is 41.9 Å². The van der Waals surface area contributed by atoms with Crippen molar-refractivity contribution in [2.75, 3.05) is 24.7 Å². The first-order valence-electron chi connectivity index (χ1n) is 7.06. The maximum atomic E-state index is 9.90. The van der Waals surface area contributed by atoms with Gasteiger partial charge in [-0.25, -0.2) is 0 Å². The van der Waals surface area contributed by atoms with E-state index in [2.05, 4.69) is 5.32 Å². The van der Waals surface area contributed by atoms with Crippen molar-refractivity contribution >= 4 is 23.4 Å². The number of halogens is 1. The van der Waals surface area contributed by atoms with Crippen molar-refractivity contribution in [1.29, 1.82) is 0 Å². The largest absolute Gasteiger partial charge is 0.389 e. The van der Waals surface area contributed by atoms with Gasteiger partial charge in [0.2, 0.25) is 0 Å². The van der Waals surface area contributed by atoms with E-state index in [0.29, 0.717) is 30.8 Å². The Hall–Kier alpha value is -0.260. The topological polar surface area (TPSA) is 41.5 Å². The molecule has 2 atom stereocenters. The Kier molecular flexibility index (Phi) is 7.17. The van der Waals surface area contributed by atoms with E-state index in [4.69, 9.17) is 16.3 Å². The van der Waals surface area contributed by atoms with Gasteiger partial charge in [-0.2, -0.15) is 11.8 Å². The maximum Gasteiger partial charge on any atom is 0.0897 e. The van der Waals surface area contributed by atoms with Gasteiger partial charge in [0.05, 0.1) is 19.3 Å². The molecule has 1 saturated heterocycles. The molecule has 1 aromatic carbocycles. The van der Waals surface area contributed by atoms with Gasteiger partial charge in [0.15, 0.2) is 0 Å². The van der Waals surface area contributed by atoms with E-state index in [-0.39, 0.29) is 0 Å². The average molecular weight is 316 g/mol. The Bertz CT molecular complexity index is 399. The first-order chi connectivity index (χ1) is 9.75. The molecule has 1 aromatic rings. The van der Waals surface area contributed by atoms with Gasteiger partial charge in [-0.05, 0) is 30.2 Å². The van der Waals surface area contributed by atoms with Gasteiger partial charge in [0.25, 0.3) is 0 Å². The number of aliphatic hydroxyl groups is 1. The Morgan fingerprint density at radius 2 is 2.30 bits per heavy atom. The summed E-state index contributed by atoms with van der Waals surface area (Å²) in [5.41, 5.74) is 0.956. The lowest BCUT2D eigenvalue weighted by Gasteiger charge is -2.24. The molecule has 0 spiro atoms. The zero-order valence-corrected chi connectivity index (χ0v) is 13.1. The number of nitrogens with one attached hydrogen (secondary N) is 1. The third-order valence-electron chi connectivity index (χ3n) is 3.33. The second kappa shape index (κ2) is 8.90. The zero-order valence-electron chi connectivity index (χ0n) is 11.6. The van der Waals surface area contributed by atoms with Gasteiger partial charge in [0, 0.05) is 23.4 Å². The summed E-state index contributed by atoms with van der Waals surface area (Å²) in [5.74, 6) is 2.41. The number of hydrogen-bond donors (Lipinski definition) is 2. The molecule has 0 saturated carbocycles. The van der Waals surface area contributed by atoms with Crippen molar-refractivity contribution in [3.63, 3.8) is 0 Å². The molecule has 112 valence electrons. The molecular formula is C15H22ClNO2S. The fourth-order valence-corrected chi connectivity index (χ4v) is 3.48. The summed E-state index contributed by atoms with van der Waals surface area (Å²) in [6.45, 7) is 1.36. The monoisotopic (exact) mass is 315 g/mol. The number of thioether (sulfide) groups is 1. The molecule has 2 N–H and O–H groups in total. The second-order valence-corrected chi connectivity index (χ2v) is 6.64. The lowest BCUT2D eigenvalue weighted by atomic mass is 10.2. The predicted octanol–water partition coefficient (Wildman–Crippen LogP) is 2.70. The van der Waals surface area contributed by atoms with Gasteiger partial charge in [-0.3, -0.25) is 0 Å². The third-order valence-corrected chi connectivity index (χ3v) is 4.91. The maximum absolute atomic E-state index is 9.90. The van der Waals surface area contributed by atoms with E-state index in [0.717, 1.165) is 11.3 Å². The number of hydrogen-bond acceptors (Lipinski definition) is 4. The molecule has 3 nitrogen and oxygen atoms in total.